The monoisotopic (exact) mass is 398 g/mol. The molecule has 4 heteroatoms. The van der Waals surface area contributed by atoms with Crippen LogP contribution in [-0.2, 0) is 17.6 Å². The molecule has 0 bridgehead atoms. The van der Waals surface area contributed by atoms with E-state index in [1.54, 1.807) is 14.2 Å². The number of para-hydroxylation sites is 1. The smallest absolute Gasteiger partial charge is 0.339 e. The van der Waals surface area contributed by atoms with Crippen molar-refractivity contribution in [3.05, 3.63) is 47.0 Å². The van der Waals surface area contributed by atoms with Crippen molar-refractivity contribution in [1.29, 1.82) is 0 Å². The van der Waals surface area contributed by atoms with E-state index in [2.05, 4.69) is 19.9 Å². The highest BCUT2D eigenvalue weighted by molar-refractivity contribution is 6.01. The van der Waals surface area contributed by atoms with Crippen molar-refractivity contribution in [2.24, 2.45) is 0 Å². The molecular formula is C25H34O4. The van der Waals surface area contributed by atoms with Crippen LogP contribution in [0.3, 0.4) is 0 Å². The Kier molecular flexibility index (Phi) is 7.72. The first-order valence-corrected chi connectivity index (χ1v) is 10.4. The van der Waals surface area contributed by atoms with Gasteiger partial charge in [-0.25, -0.2) is 4.79 Å². The predicted octanol–water partition coefficient (Wildman–Crippen LogP) is 6.23. The second-order valence-corrected chi connectivity index (χ2v) is 8.17. The maximum Gasteiger partial charge on any atom is 0.339 e. The van der Waals surface area contributed by atoms with Crippen LogP contribution in [0.5, 0.6) is 11.5 Å². The standard InChI is InChI=1S/C25H34O4/c1-8-12-17-16-20(18-14-10-11-15-21(18)27-6)22(24(26)29-25(3,4)5)19(13-9-2)23(17)28-7/h10-11,14-16H,8-9,12-13H2,1-7H3. The van der Waals surface area contributed by atoms with Gasteiger partial charge in [-0.05, 0) is 51.3 Å². The lowest BCUT2D eigenvalue weighted by Gasteiger charge is -2.25. The third-order valence-corrected chi connectivity index (χ3v) is 4.68. The Hall–Kier alpha value is -2.49. The maximum absolute atomic E-state index is 13.4. The highest BCUT2D eigenvalue weighted by Crippen LogP contribution is 2.41. The van der Waals surface area contributed by atoms with Crippen molar-refractivity contribution in [1.82, 2.24) is 0 Å². The Labute approximate surface area is 175 Å². The summed E-state index contributed by atoms with van der Waals surface area (Å²) in [6.07, 6.45) is 3.49. The zero-order valence-electron chi connectivity index (χ0n) is 18.8. The van der Waals surface area contributed by atoms with Crippen molar-refractivity contribution in [3.63, 3.8) is 0 Å². The minimum atomic E-state index is -0.589. The molecular weight excluding hydrogens is 364 g/mol. The minimum Gasteiger partial charge on any atom is -0.496 e. The Morgan fingerprint density at radius 1 is 0.931 bits per heavy atom. The predicted molar refractivity (Wildman–Crippen MR) is 118 cm³/mol. The van der Waals surface area contributed by atoms with E-state index < -0.39 is 5.60 Å². The van der Waals surface area contributed by atoms with Crippen molar-refractivity contribution < 1.29 is 19.0 Å². The average Bonchev–Trinajstić information content (AvgIpc) is 2.66. The summed E-state index contributed by atoms with van der Waals surface area (Å²) in [5, 5.41) is 0. The van der Waals surface area contributed by atoms with Crippen LogP contribution >= 0.6 is 0 Å². The molecule has 2 aromatic rings. The lowest BCUT2D eigenvalue weighted by molar-refractivity contribution is 0.00688. The largest absolute Gasteiger partial charge is 0.496 e. The Morgan fingerprint density at radius 2 is 1.59 bits per heavy atom. The number of aryl methyl sites for hydroxylation is 1. The van der Waals surface area contributed by atoms with Crippen LogP contribution in [0, 0.1) is 0 Å². The summed E-state index contributed by atoms with van der Waals surface area (Å²) in [5.74, 6) is 1.20. The average molecular weight is 399 g/mol. The third-order valence-electron chi connectivity index (χ3n) is 4.68. The molecule has 0 aliphatic heterocycles. The zero-order chi connectivity index (χ0) is 21.6. The second-order valence-electron chi connectivity index (χ2n) is 8.17. The fourth-order valence-electron chi connectivity index (χ4n) is 3.62. The molecule has 2 aromatic carbocycles. The normalized spacial score (nSPS) is 11.3. The Balaban J connectivity index is 2.89. The van der Waals surface area contributed by atoms with Crippen molar-refractivity contribution in [3.8, 4) is 22.6 Å². The van der Waals surface area contributed by atoms with Gasteiger partial charge in [-0.1, -0.05) is 44.9 Å². The van der Waals surface area contributed by atoms with Gasteiger partial charge in [0.15, 0.2) is 0 Å². The molecule has 0 saturated heterocycles. The fourth-order valence-corrected chi connectivity index (χ4v) is 3.62. The lowest BCUT2D eigenvalue weighted by Crippen LogP contribution is -2.25. The van der Waals surface area contributed by atoms with Gasteiger partial charge in [-0.3, -0.25) is 0 Å². The molecule has 0 spiro atoms. The van der Waals surface area contributed by atoms with E-state index in [-0.39, 0.29) is 5.97 Å². The summed E-state index contributed by atoms with van der Waals surface area (Å²) >= 11 is 0. The van der Waals surface area contributed by atoms with Gasteiger partial charge in [-0.15, -0.1) is 0 Å². The number of esters is 1. The number of rotatable bonds is 8. The van der Waals surface area contributed by atoms with E-state index in [4.69, 9.17) is 14.2 Å². The highest BCUT2D eigenvalue weighted by atomic mass is 16.6. The van der Waals surface area contributed by atoms with E-state index in [0.29, 0.717) is 5.56 Å². The molecule has 0 aromatic heterocycles. The molecule has 0 aliphatic rings. The van der Waals surface area contributed by atoms with Crippen LogP contribution in [0.4, 0.5) is 0 Å². The van der Waals surface area contributed by atoms with Gasteiger partial charge in [0, 0.05) is 16.7 Å². The number of carbonyl (C=O) groups excluding carboxylic acids is 1. The van der Waals surface area contributed by atoms with E-state index in [1.165, 1.54) is 0 Å². The first-order chi connectivity index (χ1) is 13.8. The van der Waals surface area contributed by atoms with Crippen LogP contribution in [0.25, 0.3) is 11.1 Å². The lowest BCUT2D eigenvalue weighted by atomic mass is 9.88. The first kappa shape index (κ1) is 22.8. The molecule has 0 amide bonds. The van der Waals surface area contributed by atoms with Crippen LogP contribution in [0.15, 0.2) is 30.3 Å². The molecule has 0 aliphatic carbocycles. The Morgan fingerprint density at radius 3 is 2.14 bits per heavy atom. The van der Waals surface area contributed by atoms with Gasteiger partial charge in [0.2, 0.25) is 0 Å². The van der Waals surface area contributed by atoms with Crippen molar-refractivity contribution in [2.45, 2.75) is 65.9 Å². The van der Waals surface area contributed by atoms with E-state index in [0.717, 1.165) is 59.4 Å². The Bertz CT molecular complexity index is 847. The van der Waals surface area contributed by atoms with E-state index in [9.17, 15) is 4.79 Å². The number of carbonyl (C=O) groups is 1. The first-order valence-electron chi connectivity index (χ1n) is 10.4. The zero-order valence-corrected chi connectivity index (χ0v) is 18.8. The van der Waals surface area contributed by atoms with E-state index in [1.807, 2.05) is 45.0 Å². The third kappa shape index (κ3) is 5.31. The van der Waals surface area contributed by atoms with Crippen LogP contribution < -0.4 is 9.47 Å². The number of hydrogen-bond acceptors (Lipinski definition) is 4. The molecule has 0 saturated carbocycles. The number of hydrogen-bond donors (Lipinski definition) is 0. The highest BCUT2D eigenvalue weighted by Gasteiger charge is 2.28. The van der Waals surface area contributed by atoms with E-state index >= 15 is 0 Å². The number of benzene rings is 2. The van der Waals surface area contributed by atoms with Crippen molar-refractivity contribution >= 4 is 5.97 Å². The summed E-state index contributed by atoms with van der Waals surface area (Å²) in [6.45, 7) is 9.90. The summed E-state index contributed by atoms with van der Waals surface area (Å²) in [4.78, 5) is 13.4. The van der Waals surface area contributed by atoms with Gasteiger partial charge < -0.3 is 14.2 Å². The van der Waals surface area contributed by atoms with Gasteiger partial charge in [0.05, 0.1) is 19.8 Å². The van der Waals surface area contributed by atoms with Gasteiger partial charge in [0.25, 0.3) is 0 Å². The molecule has 0 unspecified atom stereocenters. The van der Waals surface area contributed by atoms with Gasteiger partial charge >= 0.3 is 5.97 Å². The molecule has 0 radical (unpaired) electrons. The second kappa shape index (κ2) is 9.82. The van der Waals surface area contributed by atoms with Crippen LogP contribution in [-0.4, -0.2) is 25.8 Å². The van der Waals surface area contributed by atoms with Crippen LogP contribution in [0.1, 0.15) is 68.9 Å². The van der Waals surface area contributed by atoms with Crippen LogP contribution in [0.2, 0.25) is 0 Å². The van der Waals surface area contributed by atoms with Gasteiger partial charge in [-0.2, -0.15) is 0 Å². The molecule has 0 atom stereocenters. The molecule has 158 valence electrons. The van der Waals surface area contributed by atoms with Gasteiger partial charge in [0.1, 0.15) is 17.1 Å². The summed E-state index contributed by atoms with van der Waals surface area (Å²) in [6, 6.07) is 9.86. The van der Waals surface area contributed by atoms with Crippen molar-refractivity contribution in [2.75, 3.05) is 14.2 Å². The summed E-state index contributed by atoms with van der Waals surface area (Å²) in [7, 11) is 3.32. The number of methoxy groups -OCH3 is 2. The molecule has 0 heterocycles. The molecule has 29 heavy (non-hydrogen) atoms. The molecule has 0 fully saturated rings. The molecule has 0 N–H and O–H groups in total. The summed E-state index contributed by atoms with van der Waals surface area (Å²) < 4.78 is 17.2. The summed E-state index contributed by atoms with van der Waals surface area (Å²) in [5.41, 5.74) is 3.72. The number of ether oxygens (including phenoxy) is 3. The maximum atomic E-state index is 13.4. The molecule has 2 rings (SSSR count). The quantitative estimate of drug-likeness (QED) is 0.494. The topological polar surface area (TPSA) is 44.8 Å². The molecule has 4 nitrogen and oxygen atoms in total. The minimum absolute atomic E-state index is 0.330. The fraction of sp³-hybridized carbons (Fsp3) is 0.480. The SMILES string of the molecule is CCCc1cc(-c2ccccc2OC)c(C(=O)OC(C)(C)C)c(CCC)c1OC.